The lowest BCUT2D eigenvalue weighted by Crippen LogP contribution is -2.17. The largest absolute Gasteiger partial charge is 0.573 e. The molecule has 0 amide bonds. The van der Waals surface area contributed by atoms with E-state index in [4.69, 9.17) is 10.6 Å². The molecule has 0 aliphatic carbocycles. The van der Waals surface area contributed by atoms with E-state index >= 15 is 0 Å². The Kier molecular flexibility index (Phi) is 4.85. The SMILES string of the molecule is NNc1nnc(COc2ccc(OC(F)(F)F)c(Br)c2)s1. The summed E-state index contributed by atoms with van der Waals surface area (Å²) in [6, 6.07) is 3.87. The maximum Gasteiger partial charge on any atom is 0.573 e. The summed E-state index contributed by atoms with van der Waals surface area (Å²) in [6.07, 6.45) is -4.75. The predicted octanol–water partition coefficient (Wildman–Crippen LogP) is 3.06. The highest BCUT2D eigenvalue weighted by Gasteiger charge is 2.32. The van der Waals surface area contributed by atoms with E-state index in [1.165, 1.54) is 23.5 Å². The van der Waals surface area contributed by atoms with Crippen molar-refractivity contribution in [3.05, 3.63) is 27.7 Å². The van der Waals surface area contributed by atoms with Gasteiger partial charge < -0.3 is 9.47 Å². The van der Waals surface area contributed by atoms with Crippen molar-refractivity contribution in [1.29, 1.82) is 0 Å². The number of hydrogen-bond donors (Lipinski definition) is 2. The Morgan fingerprint density at radius 2 is 2.10 bits per heavy atom. The van der Waals surface area contributed by atoms with Crippen molar-refractivity contribution >= 4 is 32.4 Å². The molecule has 0 atom stereocenters. The Balaban J connectivity index is 1.99. The summed E-state index contributed by atoms with van der Waals surface area (Å²) >= 11 is 4.18. The molecule has 0 saturated carbocycles. The molecule has 0 radical (unpaired) electrons. The number of nitrogen functional groups attached to an aromatic ring is 1. The average Bonchev–Trinajstić information content (AvgIpc) is 2.86. The number of hydrogen-bond acceptors (Lipinski definition) is 7. The highest BCUT2D eigenvalue weighted by Crippen LogP contribution is 2.33. The summed E-state index contributed by atoms with van der Waals surface area (Å²) in [7, 11) is 0. The van der Waals surface area contributed by atoms with Gasteiger partial charge in [0.2, 0.25) is 5.13 Å². The number of nitrogens with zero attached hydrogens (tertiary/aromatic N) is 2. The number of benzene rings is 1. The second-order valence-electron chi connectivity index (χ2n) is 3.57. The minimum absolute atomic E-state index is 0.116. The van der Waals surface area contributed by atoms with E-state index < -0.39 is 6.36 Å². The number of hydrazine groups is 1. The maximum absolute atomic E-state index is 12.1. The third kappa shape index (κ3) is 4.72. The lowest BCUT2D eigenvalue weighted by Gasteiger charge is -2.11. The van der Waals surface area contributed by atoms with E-state index in [1.54, 1.807) is 0 Å². The molecule has 1 heterocycles. The zero-order chi connectivity index (χ0) is 15.5. The molecule has 6 nitrogen and oxygen atoms in total. The van der Waals surface area contributed by atoms with Crippen LogP contribution in [0.25, 0.3) is 0 Å². The first-order valence-electron chi connectivity index (χ1n) is 5.34. The highest BCUT2D eigenvalue weighted by molar-refractivity contribution is 9.10. The topological polar surface area (TPSA) is 82.3 Å². The van der Waals surface area contributed by atoms with Gasteiger partial charge in [0, 0.05) is 0 Å². The molecule has 21 heavy (non-hydrogen) atoms. The first-order chi connectivity index (χ1) is 9.87. The molecule has 0 bridgehead atoms. The van der Waals surface area contributed by atoms with E-state index in [1.807, 2.05) is 0 Å². The molecule has 1 aromatic heterocycles. The van der Waals surface area contributed by atoms with Crippen molar-refractivity contribution in [3.8, 4) is 11.5 Å². The van der Waals surface area contributed by atoms with Gasteiger partial charge in [0.1, 0.15) is 18.1 Å². The van der Waals surface area contributed by atoms with Crippen LogP contribution in [0, 0.1) is 0 Å². The Hall–Kier alpha value is -1.59. The third-order valence-electron chi connectivity index (χ3n) is 2.08. The molecule has 0 aliphatic heterocycles. The molecule has 0 fully saturated rings. The van der Waals surface area contributed by atoms with E-state index in [0.29, 0.717) is 15.9 Å². The van der Waals surface area contributed by atoms with Crippen molar-refractivity contribution in [2.45, 2.75) is 13.0 Å². The van der Waals surface area contributed by atoms with Gasteiger partial charge in [0.25, 0.3) is 0 Å². The molecule has 114 valence electrons. The van der Waals surface area contributed by atoms with Crippen LogP contribution in [0.2, 0.25) is 0 Å². The molecule has 3 N–H and O–H groups in total. The van der Waals surface area contributed by atoms with Crippen LogP contribution in [0.4, 0.5) is 18.3 Å². The van der Waals surface area contributed by atoms with Crippen LogP contribution in [0.15, 0.2) is 22.7 Å². The van der Waals surface area contributed by atoms with Crippen molar-refractivity contribution < 1.29 is 22.6 Å². The second kappa shape index (κ2) is 6.45. The summed E-state index contributed by atoms with van der Waals surface area (Å²) in [5, 5.41) is 8.52. The third-order valence-corrected chi connectivity index (χ3v) is 3.53. The fourth-order valence-corrected chi connectivity index (χ4v) is 2.30. The van der Waals surface area contributed by atoms with Gasteiger partial charge in [-0.15, -0.1) is 23.4 Å². The van der Waals surface area contributed by atoms with Gasteiger partial charge in [-0.3, -0.25) is 5.43 Å². The molecule has 11 heteroatoms. The molecule has 0 spiro atoms. The van der Waals surface area contributed by atoms with Gasteiger partial charge in [-0.1, -0.05) is 11.3 Å². The predicted molar refractivity (Wildman–Crippen MR) is 72.9 cm³/mol. The van der Waals surface area contributed by atoms with Crippen LogP contribution in [-0.4, -0.2) is 16.6 Å². The number of nitrogens with two attached hydrogens (primary N) is 1. The van der Waals surface area contributed by atoms with Crippen molar-refractivity contribution in [2.75, 3.05) is 5.43 Å². The molecule has 0 saturated heterocycles. The van der Waals surface area contributed by atoms with Gasteiger partial charge in [-0.2, -0.15) is 0 Å². The average molecular weight is 385 g/mol. The van der Waals surface area contributed by atoms with Gasteiger partial charge >= 0.3 is 6.36 Å². The number of rotatable bonds is 5. The number of halogens is 4. The van der Waals surface area contributed by atoms with Crippen LogP contribution in [0.3, 0.4) is 0 Å². The van der Waals surface area contributed by atoms with Crippen molar-refractivity contribution in [2.24, 2.45) is 5.84 Å². The highest BCUT2D eigenvalue weighted by atomic mass is 79.9. The number of nitrogens with one attached hydrogen (secondary N) is 1. The maximum atomic E-state index is 12.1. The summed E-state index contributed by atoms with van der Waals surface area (Å²) in [4.78, 5) is 0. The molecule has 1 aromatic carbocycles. The number of alkyl halides is 3. The van der Waals surface area contributed by atoms with Gasteiger partial charge in [0.05, 0.1) is 4.47 Å². The molecule has 2 rings (SSSR count). The summed E-state index contributed by atoms with van der Waals surface area (Å²) in [5.74, 6) is 5.17. The Morgan fingerprint density at radius 1 is 1.33 bits per heavy atom. The molecule has 0 unspecified atom stereocenters. The molecular formula is C10H8BrF3N4O2S. The normalized spacial score (nSPS) is 11.3. The van der Waals surface area contributed by atoms with E-state index in [-0.39, 0.29) is 16.8 Å². The fourth-order valence-electron chi connectivity index (χ4n) is 1.29. The van der Waals surface area contributed by atoms with E-state index in [9.17, 15) is 13.2 Å². The zero-order valence-electron chi connectivity index (χ0n) is 10.1. The Bertz CT molecular complexity index is 623. The number of anilines is 1. The molecular weight excluding hydrogens is 377 g/mol. The fraction of sp³-hybridized carbons (Fsp3) is 0.200. The van der Waals surface area contributed by atoms with E-state index in [2.05, 4.69) is 36.3 Å². The van der Waals surface area contributed by atoms with Gasteiger partial charge in [-0.05, 0) is 34.1 Å². The minimum atomic E-state index is -4.75. The zero-order valence-corrected chi connectivity index (χ0v) is 12.6. The van der Waals surface area contributed by atoms with Crippen molar-refractivity contribution in [1.82, 2.24) is 10.2 Å². The molecule has 2 aromatic rings. The van der Waals surface area contributed by atoms with Crippen molar-refractivity contribution in [3.63, 3.8) is 0 Å². The minimum Gasteiger partial charge on any atom is -0.486 e. The lowest BCUT2D eigenvalue weighted by molar-refractivity contribution is -0.274. The van der Waals surface area contributed by atoms with Crippen LogP contribution < -0.4 is 20.7 Å². The summed E-state index contributed by atoms with van der Waals surface area (Å²) < 4.78 is 45.7. The summed E-state index contributed by atoms with van der Waals surface area (Å²) in [5.41, 5.74) is 2.34. The van der Waals surface area contributed by atoms with Gasteiger partial charge in [-0.25, -0.2) is 5.84 Å². The van der Waals surface area contributed by atoms with Crippen LogP contribution in [0.5, 0.6) is 11.5 Å². The number of aromatic nitrogens is 2. The quantitative estimate of drug-likeness (QED) is 0.608. The smallest absolute Gasteiger partial charge is 0.486 e. The van der Waals surface area contributed by atoms with E-state index in [0.717, 1.165) is 6.07 Å². The Labute approximate surface area is 129 Å². The Morgan fingerprint density at radius 3 is 2.67 bits per heavy atom. The van der Waals surface area contributed by atoms with Crippen LogP contribution in [0.1, 0.15) is 5.01 Å². The van der Waals surface area contributed by atoms with Gasteiger partial charge in [0.15, 0.2) is 5.01 Å². The number of ether oxygens (including phenoxy) is 2. The standard InChI is InChI=1S/C10H8BrF3N4O2S/c11-6-3-5(1-2-7(6)20-10(12,13)14)19-4-8-17-18-9(16-15)21-8/h1-3H,4,15H2,(H,16,18). The summed E-state index contributed by atoms with van der Waals surface area (Å²) in [6.45, 7) is 0.116. The first kappa shape index (κ1) is 15.8. The van der Waals surface area contributed by atoms with Crippen LogP contribution in [-0.2, 0) is 6.61 Å². The first-order valence-corrected chi connectivity index (χ1v) is 6.95. The lowest BCUT2D eigenvalue weighted by atomic mass is 10.3. The molecule has 0 aliphatic rings. The monoisotopic (exact) mass is 384 g/mol. The van der Waals surface area contributed by atoms with Crippen LogP contribution >= 0.6 is 27.3 Å². The second-order valence-corrected chi connectivity index (χ2v) is 5.49.